The molecule has 2 aromatic carbocycles. The van der Waals surface area contributed by atoms with Gasteiger partial charge in [0.1, 0.15) is 17.9 Å². The summed E-state index contributed by atoms with van der Waals surface area (Å²) in [6.07, 6.45) is 2.22. The van der Waals surface area contributed by atoms with E-state index >= 15 is 0 Å². The maximum atomic E-state index is 13.2. The van der Waals surface area contributed by atoms with Crippen molar-refractivity contribution in [2.24, 2.45) is 0 Å². The number of para-hydroxylation sites is 1. The van der Waals surface area contributed by atoms with Gasteiger partial charge in [-0.1, -0.05) is 48.3 Å². The third kappa shape index (κ3) is 6.20. The number of pyridine rings is 1. The average molecular weight is 458 g/mol. The second-order valence-corrected chi connectivity index (χ2v) is 7.51. The molecule has 1 aromatic heterocycles. The van der Waals surface area contributed by atoms with Crippen LogP contribution in [-0.4, -0.2) is 34.8 Å². The second-order valence-electron chi connectivity index (χ2n) is 6.67. The fourth-order valence-corrected chi connectivity index (χ4v) is 3.22. The summed E-state index contributed by atoms with van der Waals surface area (Å²) in [5.41, 5.74) is 0.658. The van der Waals surface area contributed by atoms with Gasteiger partial charge in [0, 0.05) is 17.8 Å². The average Bonchev–Trinajstić information content (AvgIpc) is 2.76. The monoisotopic (exact) mass is 457 g/mol. The number of benzene rings is 2. The van der Waals surface area contributed by atoms with Crippen molar-refractivity contribution >= 4 is 40.7 Å². The number of hydrogen-bond donors (Lipinski definition) is 1. The third-order valence-electron chi connectivity index (χ3n) is 4.28. The Labute approximate surface area is 190 Å². The fourth-order valence-electron chi connectivity index (χ4n) is 2.88. The Morgan fingerprint density at radius 2 is 1.84 bits per heavy atom. The maximum absolute atomic E-state index is 13.2. The molecule has 31 heavy (non-hydrogen) atoms. The number of halogens is 2. The Morgan fingerprint density at radius 3 is 2.58 bits per heavy atom. The molecular formula is C23H21Cl2N3O3. The number of carbonyl (C=O) groups excluding carboxylic acids is 2. The lowest BCUT2D eigenvalue weighted by atomic mass is 10.2. The molecule has 0 aliphatic rings. The summed E-state index contributed by atoms with van der Waals surface area (Å²) < 4.78 is 5.80. The standard InChI is InChI=1S/C23H21Cl2N3O3/c1-2-13-28(15-21(29)27-20-14-16(24)10-11-19(20)25)23(30)18-9-6-12-26-22(18)31-17-7-4-3-5-8-17/h3-12,14H,2,13,15H2,1H3,(H,27,29). The number of anilines is 1. The summed E-state index contributed by atoms with van der Waals surface area (Å²) in [5.74, 6) is -0.00247. The molecule has 8 heteroatoms. The van der Waals surface area contributed by atoms with Crippen molar-refractivity contribution in [1.82, 2.24) is 9.88 Å². The minimum Gasteiger partial charge on any atom is -0.438 e. The van der Waals surface area contributed by atoms with Crippen molar-refractivity contribution < 1.29 is 14.3 Å². The summed E-state index contributed by atoms with van der Waals surface area (Å²) in [6.45, 7) is 2.15. The van der Waals surface area contributed by atoms with Crippen LogP contribution in [0.25, 0.3) is 0 Å². The fraction of sp³-hybridized carbons (Fsp3) is 0.174. The summed E-state index contributed by atoms with van der Waals surface area (Å²) in [7, 11) is 0. The van der Waals surface area contributed by atoms with Gasteiger partial charge in [-0.25, -0.2) is 4.98 Å². The first-order chi connectivity index (χ1) is 15.0. The summed E-state index contributed by atoms with van der Waals surface area (Å²) in [4.78, 5) is 31.5. The highest BCUT2D eigenvalue weighted by Crippen LogP contribution is 2.26. The smallest absolute Gasteiger partial charge is 0.259 e. The van der Waals surface area contributed by atoms with Gasteiger partial charge in [-0.15, -0.1) is 0 Å². The Morgan fingerprint density at radius 1 is 1.06 bits per heavy atom. The Balaban J connectivity index is 1.77. The predicted octanol–water partition coefficient (Wildman–Crippen LogP) is 5.67. The SMILES string of the molecule is CCCN(CC(=O)Nc1cc(Cl)ccc1Cl)C(=O)c1cccnc1Oc1ccccc1. The highest BCUT2D eigenvalue weighted by molar-refractivity contribution is 6.35. The topological polar surface area (TPSA) is 71.5 Å². The number of carbonyl (C=O) groups is 2. The van der Waals surface area contributed by atoms with Crippen LogP contribution in [0.3, 0.4) is 0 Å². The van der Waals surface area contributed by atoms with Gasteiger partial charge in [0.15, 0.2) is 0 Å². The van der Waals surface area contributed by atoms with Crippen LogP contribution in [-0.2, 0) is 4.79 Å². The summed E-state index contributed by atoms with van der Waals surface area (Å²) in [5, 5.41) is 3.51. The normalized spacial score (nSPS) is 10.4. The number of rotatable bonds is 8. The van der Waals surface area contributed by atoms with E-state index in [2.05, 4.69) is 10.3 Å². The molecular weight excluding hydrogens is 437 g/mol. The second kappa shape index (κ2) is 10.8. The van der Waals surface area contributed by atoms with Gasteiger partial charge in [-0.05, 0) is 48.9 Å². The number of nitrogens with one attached hydrogen (secondary N) is 1. The Kier molecular flexibility index (Phi) is 7.87. The molecule has 3 aromatic rings. The molecule has 0 aliphatic carbocycles. The lowest BCUT2D eigenvalue weighted by Crippen LogP contribution is -2.38. The maximum Gasteiger partial charge on any atom is 0.259 e. The molecule has 6 nitrogen and oxygen atoms in total. The van der Waals surface area contributed by atoms with E-state index in [9.17, 15) is 9.59 Å². The molecule has 0 fully saturated rings. The molecule has 0 radical (unpaired) electrons. The molecule has 0 saturated carbocycles. The van der Waals surface area contributed by atoms with Gasteiger partial charge >= 0.3 is 0 Å². The van der Waals surface area contributed by atoms with Gasteiger partial charge in [0.25, 0.3) is 5.91 Å². The van der Waals surface area contributed by atoms with E-state index in [0.29, 0.717) is 34.4 Å². The van der Waals surface area contributed by atoms with Crippen molar-refractivity contribution in [2.75, 3.05) is 18.4 Å². The first-order valence-electron chi connectivity index (χ1n) is 9.70. The molecule has 3 rings (SSSR count). The highest BCUT2D eigenvalue weighted by Gasteiger charge is 2.23. The number of amides is 2. The van der Waals surface area contributed by atoms with Gasteiger partial charge in [-0.2, -0.15) is 0 Å². The van der Waals surface area contributed by atoms with E-state index in [4.69, 9.17) is 27.9 Å². The molecule has 0 spiro atoms. The number of nitrogens with zero attached hydrogens (tertiary/aromatic N) is 2. The van der Waals surface area contributed by atoms with Crippen LogP contribution < -0.4 is 10.1 Å². The molecule has 160 valence electrons. The van der Waals surface area contributed by atoms with E-state index < -0.39 is 0 Å². The zero-order chi connectivity index (χ0) is 22.2. The van der Waals surface area contributed by atoms with Crippen molar-refractivity contribution in [1.29, 1.82) is 0 Å². The molecule has 2 amide bonds. The van der Waals surface area contributed by atoms with E-state index in [-0.39, 0.29) is 29.8 Å². The van der Waals surface area contributed by atoms with Crippen molar-refractivity contribution in [2.45, 2.75) is 13.3 Å². The van der Waals surface area contributed by atoms with Crippen LogP contribution >= 0.6 is 23.2 Å². The van der Waals surface area contributed by atoms with Crippen molar-refractivity contribution in [3.63, 3.8) is 0 Å². The van der Waals surface area contributed by atoms with Gasteiger partial charge in [0.2, 0.25) is 11.8 Å². The van der Waals surface area contributed by atoms with E-state index in [1.54, 1.807) is 48.7 Å². The lowest BCUT2D eigenvalue weighted by Gasteiger charge is -2.22. The quantitative estimate of drug-likeness (QED) is 0.472. The van der Waals surface area contributed by atoms with E-state index in [0.717, 1.165) is 0 Å². The van der Waals surface area contributed by atoms with E-state index in [1.807, 2.05) is 25.1 Å². The van der Waals surface area contributed by atoms with Crippen LogP contribution in [0.1, 0.15) is 23.7 Å². The molecule has 0 unspecified atom stereocenters. The number of aromatic nitrogens is 1. The Hall–Kier alpha value is -3.09. The van der Waals surface area contributed by atoms with Crippen molar-refractivity contribution in [3.8, 4) is 11.6 Å². The molecule has 1 N–H and O–H groups in total. The van der Waals surface area contributed by atoms with Crippen LogP contribution in [0.15, 0.2) is 66.9 Å². The number of ether oxygens (including phenoxy) is 1. The third-order valence-corrected chi connectivity index (χ3v) is 4.84. The molecule has 0 aliphatic heterocycles. The summed E-state index contributed by atoms with van der Waals surface area (Å²) >= 11 is 12.1. The van der Waals surface area contributed by atoms with Crippen LogP contribution in [0.5, 0.6) is 11.6 Å². The largest absolute Gasteiger partial charge is 0.438 e. The van der Waals surface area contributed by atoms with Crippen LogP contribution in [0.2, 0.25) is 10.0 Å². The minimum absolute atomic E-state index is 0.158. The van der Waals surface area contributed by atoms with Gasteiger partial charge in [0.05, 0.1) is 10.7 Å². The zero-order valence-corrected chi connectivity index (χ0v) is 18.4. The minimum atomic E-state index is -0.389. The van der Waals surface area contributed by atoms with E-state index in [1.165, 1.54) is 4.90 Å². The lowest BCUT2D eigenvalue weighted by molar-refractivity contribution is -0.116. The van der Waals surface area contributed by atoms with Crippen molar-refractivity contribution in [3.05, 3.63) is 82.5 Å². The molecule has 1 heterocycles. The van der Waals surface area contributed by atoms with Crippen LogP contribution in [0.4, 0.5) is 5.69 Å². The first-order valence-corrected chi connectivity index (χ1v) is 10.5. The molecule has 0 atom stereocenters. The highest BCUT2D eigenvalue weighted by atomic mass is 35.5. The first kappa shape index (κ1) is 22.6. The predicted molar refractivity (Wildman–Crippen MR) is 122 cm³/mol. The zero-order valence-electron chi connectivity index (χ0n) is 16.8. The molecule has 0 saturated heterocycles. The van der Waals surface area contributed by atoms with Crippen LogP contribution in [0, 0.1) is 0 Å². The Bertz CT molecular complexity index is 1060. The molecule has 0 bridgehead atoms. The van der Waals surface area contributed by atoms with Gasteiger partial charge < -0.3 is 15.0 Å². The summed E-state index contributed by atoms with van der Waals surface area (Å²) in [6, 6.07) is 17.1. The van der Waals surface area contributed by atoms with Gasteiger partial charge in [-0.3, -0.25) is 9.59 Å². The number of hydrogen-bond acceptors (Lipinski definition) is 4.